The summed E-state index contributed by atoms with van der Waals surface area (Å²) in [5.74, 6) is -1.51. The minimum atomic E-state index is -5.08. The number of halogens is 4. The number of hydrogen-bond acceptors (Lipinski definition) is 5. The van der Waals surface area contributed by atoms with Crippen molar-refractivity contribution in [2.45, 2.75) is 49.9 Å². The van der Waals surface area contributed by atoms with Gasteiger partial charge in [-0.2, -0.15) is 13.2 Å². The maximum absolute atomic E-state index is 14.0. The number of amides is 1. The van der Waals surface area contributed by atoms with Gasteiger partial charge in [0, 0.05) is 44.0 Å². The fourth-order valence-electron chi connectivity index (χ4n) is 4.41. The molecule has 1 N–H and O–H groups in total. The number of carboxylic acids is 1. The topological polar surface area (TPSA) is 86.6 Å². The van der Waals surface area contributed by atoms with Gasteiger partial charge in [0.05, 0.1) is 0 Å². The predicted octanol–water partition coefficient (Wildman–Crippen LogP) is 2.31. The number of alkyl halides is 4. The first kappa shape index (κ1) is 20.8. The van der Waals surface area contributed by atoms with E-state index < -0.39 is 17.8 Å². The zero-order chi connectivity index (χ0) is 21.7. The number of carboxylic acid groups (broad SMARTS) is 1. The standard InChI is InChI=1S/C17H21FN4O.C2HF3O2/c18-17(3-4-17)15(23)22-9-11-7-14-12(13(11)10-22)8-19-16(20-14)21-5-1-2-6-21;3-2(4,5)1(6)7/h8,11,13H,1-7,9-10H2;(H,6,7). The number of fused-ring (bicyclic) bond motifs is 3. The fourth-order valence-corrected chi connectivity index (χ4v) is 4.41. The number of anilines is 1. The molecule has 164 valence electrons. The summed E-state index contributed by atoms with van der Waals surface area (Å²) in [4.78, 5) is 34.4. The SMILES string of the molecule is O=C(N1CC2Cc3nc(N4CCCC4)ncc3C2C1)C1(F)CC1.O=C(O)C(F)(F)F. The lowest BCUT2D eigenvalue weighted by Crippen LogP contribution is -2.37. The normalized spacial score (nSPS) is 26.0. The zero-order valence-electron chi connectivity index (χ0n) is 16.2. The Hall–Kier alpha value is -2.46. The van der Waals surface area contributed by atoms with Crippen molar-refractivity contribution >= 4 is 17.8 Å². The average molecular weight is 430 g/mol. The van der Waals surface area contributed by atoms with Gasteiger partial charge < -0.3 is 14.9 Å². The predicted molar refractivity (Wildman–Crippen MR) is 96.8 cm³/mol. The van der Waals surface area contributed by atoms with Gasteiger partial charge in [-0.3, -0.25) is 4.79 Å². The molecule has 2 saturated heterocycles. The molecule has 2 atom stereocenters. The second-order valence-corrected chi connectivity index (χ2v) is 8.32. The van der Waals surface area contributed by atoms with Crippen LogP contribution in [0.2, 0.25) is 0 Å². The van der Waals surface area contributed by atoms with Gasteiger partial charge in [-0.25, -0.2) is 19.2 Å². The van der Waals surface area contributed by atoms with E-state index >= 15 is 0 Å². The lowest BCUT2D eigenvalue weighted by atomic mass is 9.98. The molecule has 0 bridgehead atoms. The van der Waals surface area contributed by atoms with E-state index in [2.05, 4.69) is 9.88 Å². The summed E-state index contributed by atoms with van der Waals surface area (Å²) < 4.78 is 45.8. The number of carbonyl (C=O) groups is 2. The molecule has 2 aliphatic heterocycles. The Morgan fingerprint density at radius 2 is 1.80 bits per heavy atom. The summed E-state index contributed by atoms with van der Waals surface area (Å²) in [6.07, 6.45) is 0.998. The molecule has 1 amide bonds. The van der Waals surface area contributed by atoms with E-state index in [0.717, 1.165) is 31.2 Å². The summed E-state index contributed by atoms with van der Waals surface area (Å²) in [6.45, 7) is 3.40. The molecule has 11 heteroatoms. The first-order valence-electron chi connectivity index (χ1n) is 9.98. The molecule has 2 aliphatic carbocycles. The van der Waals surface area contributed by atoms with Crippen LogP contribution < -0.4 is 4.90 Å². The van der Waals surface area contributed by atoms with Crippen LogP contribution in [-0.4, -0.2) is 69.9 Å². The van der Waals surface area contributed by atoms with Crippen LogP contribution in [-0.2, 0) is 16.0 Å². The third kappa shape index (κ3) is 3.93. The van der Waals surface area contributed by atoms with Crippen LogP contribution >= 0.6 is 0 Å². The minimum absolute atomic E-state index is 0.289. The lowest BCUT2D eigenvalue weighted by Gasteiger charge is -2.20. The Morgan fingerprint density at radius 1 is 1.17 bits per heavy atom. The van der Waals surface area contributed by atoms with Crippen molar-refractivity contribution in [1.82, 2.24) is 14.9 Å². The number of hydrogen-bond donors (Lipinski definition) is 1. The number of aliphatic carboxylic acids is 1. The van der Waals surface area contributed by atoms with Crippen molar-refractivity contribution in [1.29, 1.82) is 0 Å². The molecule has 1 saturated carbocycles. The number of aromatic nitrogens is 2. The van der Waals surface area contributed by atoms with Crippen LogP contribution in [0.4, 0.5) is 23.5 Å². The van der Waals surface area contributed by atoms with Crippen molar-refractivity contribution in [3.8, 4) is 0 Å². The van der Waals surface area contributed by atoms with Crippen molar-refractivity contribution in [2.75, 3.05) is 31.1 Å². The molecule has 0 aromatic carbocycles. The largest absolute Gasteiger partial charge is 0.490 e. The number of carbonyl (C=O) groups excluding carboxylic acids is 1. The molecule has 30 heavy (non-hydrogen) atoms. The zero-order valence-corrected chi connectivity index (χ0v) is 16.2. The molecule has 0 radical (unpaired) electrons. The van der Waals surface area contributed by atoms with Gasteiger partial charge in [0.2, 0.25) is 5.95 Å². The van der Waals surface area contributed by atoms with Crippen LogP contribution in [0, 0.1) is 5.92 Å². The third-order valence-corrected chi connectivity index (χ3v) is 6.17. The lowest BCUT2D eigenvalue weighted by molar-refractivity contribution is -0.192. The van der Waals surface area contributed by atoms with E-state index in [4.69, 9.17) is 14.9 Å². The Kier molecular flexibility index (Phi) is 5.09. The molecular formula is C19H22F4N4O3. The molecular weight excluding hydrogens is 408 g/mol. The van der Waals surface area contributed by atoms with Crippen LogP contribution in [0.15, 0.2) is 6.20 Å². The molecule has 3 fully saturated rings. The van der Waals surface area contributed by atoms with Crippen LogP contribution in [0.25, 0.3) is 0 Å². The fraction of sp³-hybridized carbons (Fsp3) is 0.684. The van der Waals surface area contributed by atoms with Crippen molar-refractivity contribution in [2.24, 2.45) is 5.92 Å². The molecule has 3 heterocycles. The summed E-state index contributed by atoms with van der Waals surface area (Å²) in [6, 6.07) is 0. The third-order valence-electron chi connectivity index (χ3n) is 6.17. The molecule has 1 aromatic rings. The van der Waals surface area contributed by atoms with Crippen molar-refractivity contribution in [3.05, 3.63) is 17.5 Å². The van der Waals surface area contributed by atoms with Gasteiger partial charge in [0.25, 0.3) is 5.91 Å². The highest BCUT2D eigenvalue weighted by Gasteiger charge is 2.55. The number of nitrogens with zero attached hydrogens (tertiary/aromatic N) is 4. The summed E-state index contributed by atoms with van der Waals surface area (Å²) >= 11 is 0. The molecule has 2 unspecified atom stereocenters. The van der Waals surface area contributed by atoms with E-state index in [9.17, 15) is 22.4 Å². The van der Waals surface area contributed by atoms with Crippen LogP contribution in [0.3, 0.4) is 0 Å². The molecule has 0 spiro atoms. The Bertz CT molecular complexity index is 853. The van der Waals surface area contributed by atoms with E-state index in [-0.39, 0.29) is 5.91 Å². The molecule has 7 nitrogen and oxygen atoms in total. The molecule has 5 rings (SSSR count). The first-order chi connectivity index (χ1) is 14.1. The van der Waals surface area contributed by atoms with Crippen LogP contribution in [0.5, 0.6) is 0 Å². The summed E-state index contributed by atoms with van der Waals surface area (Å²) in [5, 5.41) is 7.12. The Balaban J connectivity index is 0.000000272. The highest BCUT2D eigenvalue weighted by atomic mass is 19.4. The van der Waals surface area contributed by atoms with E-state index in [1.54, 1.807) is 4.90 Å². The number of likely N-dealkylation sites (tertiary alicyclic amines) is 1. The second kappa shape index (κ2) is 7.35. The van der Waals surface area contributed by atoms with Gasteiger partial charge in [0.1, 0.15) is 0 Å². The monoisotopic (exact) mass is 430 g/mol. The second-order valence-electron chi connectivity index (χ2n) is 8.32. The maximum Gasteiger partial charge on any atom is 0.490 e. The Morgan fingerprint density at radius 3 is 2.37 bits per heavy atom. The highest BCUT2D eigenvalue weighted by Crippen LogP contribution is 2.47. The van der Waals surface area contributed by atoms with Crippen LogP contribution in [0.1, 0.15) is 42.9 Å². The smallest absolute Gasteiger partial charge is 0.475 e. The van der Waals surface area contributed by atoms with E-state index in [1.165, 1.54) is 18.4 Å². The first-order valence-corrected chi connectivity index (χ1v) is 9.98. The highest BCUT2D eigenvalue weighted by molar-refractivity contribution is 5.88. The molecule has 4 aliphatic rings. The summed E-state index contributed by atoms with van der Waals surface area (Å²) in [7, 11) is 0. The van der Waals surface area contributed by atoms with Gasteiger partial charge in [-0.15, -0.1) is 0 Å². The summed E-state index contributed by atoms with van der Waals surface area (Å²) in [5.41, 5.74) is 0.778. The van der Waals surface area contributed by atoms with E-state index in [0.29, 0.717) is 37.8 Å². The Labute approximate surface area is 170 Å². The average Bonchev–Trinajstić information content (AvgIpc) is 3.09. The van der Waals surface area contributed by atoms with Crippen molar-refractivity contribution < 1.29 is 32.3 Å². The van der Waals surface area contributed by atoms with E-state index in [1.807, 2.05) is 6.20 Å². The quantitative estimate of drug-likeness (QED) is 0.725. The number of rotatable bonds is 2. The molecule has 1 aromatic heterocycles. The van der Waals surface area contributed by atoms with Gasteiger partial charge in [-0.05, 0) is 43.6 Å². The maximum atomic E-state index is 14.0. The van der Waals surface area contributed by atoms with Gasteiger partial charge in [-0.1, -0.05) is 0 Å². The van der Waals surface area contributed by atoms with Gasteiger partial charge >= 0.3 is 12.1 Å². The van der Waals surface area contributed by atoms with Gasteiger partial charge in [0.15, 0.2) is 5.67 Å². The minimum Gasteiger partial charge on any atom is -0.475 e. The van der Waals surface area contributed by atoms with Crippen molar-refractivity contribution in [3.63, 3.8) is 0 Å².